The van der Waals surface area contributed by atoms with Gasteiger partial charge in [-0.05, 0) is 30.2 Å². The highest BCUT2D eigenvalue weighted by atomic mass is 16.4. The molecule has 0 saturated heterocycles. The number of nitrogens with zero attached hydrogens (tertiary/aromatic N) is 2. The fourth-order valence-corrected chi connectivity index (χ4v) is 3.34. The Labute approximate surface area is 156 Å². The fraction of sp³-hybridized carbons (Fsp3) is 0.286. The maximum Gasteiger partial charge on any atom is 0.323 e. The Morgan fingerprint density at radius 2 is 1.52 bits per heavy atom. The highest BCUT2D eigenvalue weighted by Crippen LogP contribution is 2.19. The Balaban J connectivity index is 2.12. The number of benzene rings is 2. The molecule has 0 unspecified atom stereocenters. The molecule has 1 N–H and O–H groups in total. The van der Waals surface area contributed by atoms with Crippen LogP contribution in [0.1, 0.15) is 13.8 Å². The van der Waals surface area contributed by atoms with Crippen molar-refractivity contribution in [3.63, 3.8) is 0 Å². The maximum absolute atomic E-state index is 12.9. The van der Waals surface area contributed by atoms with Crippen molar-refractivity contribution in [3.05, 3.63) is 58.8 Å². The van der Waals surface area contributed by atoms with E-state index in [1.807, 2.05) is 26.0 Å². The van der Waals surface area contributed by atoms with Gasteiger partial charge in [0.25, 0.3) is 0 Å². The van der Waals surface area contributed by atoms with Crippen molar-refractivity contribution in [2.45, 2.75) is 20.4 Å². The summed E-state index contributed by atoms with van der Waals surface area (Å²) in [5.41, 5.74) is 1.25. The summed E-state index contributed by atoms with van der Waals surface area (Å²) >= 11 is 0. The summed E-state index contributed by atoms with van der Waals surface area (Å²) in [7, 11) is 0. The van der Waals surface area contributed by atoms with Gasteiger partial charge in [-0.3, -0.25) is 14.4 Å². The molecule has 0 aliphatic heterocycles. The van der Waals surface area contributed by atoms with Gasteiger partial charge in [-0.1, -0.05) is 38.1 Å². The predicted molar refractivity (Wildman–Crippen MR) is 105 cm³/mol. The third-order valence-electron chi connectivity index (χ3n) is 4.44. The third kappa shape index (κ3) is 3.84. The second-order valence-corrected chi connectivity index (χ2v) is 7.01. The lowest BCUT2D eigenvalue weighted by molar-refractivity contribution is -0.145. The van der Waals surface area contributed by atoms with Gasteiger partial charge in [0.05, 0.1) is 11.0 Å². The Morgan fingerprint density at radius 3 is 2.00 bits per heavy atom. The average Bonchev–Trinajstić information content (AvgIpc) is 2.63. The molecule has 0 bridgehead atoms. The highest BCUT2D eigenvalue weighted by molar-refractivity contribution is 5.95. The summed E-state index contributed by atoms with van der Waals surface area (Å²) in [6, 6.07) is 14.3. The normalized spacial score (nSPS) is 11.2. The van der Waals surface area contributed by atoms with Crippen LogP contribution in [0.4, 0.5) is 0 Å². The number of carbonyl (C=O) groups excluding carboxylic acids is 1. The summed E-state index contributed by atoms with van der Waals surface area (Å²) < 4.78 is 1.80. The van der Waals surface area contributed by atoms with Crippen LogP contribution in [0, 0.1) is 5.92 Å². The Hall–Kier alpha value is -3.15. The third-order valence-corrected chi connectivity index (χ3v) is 4.44. The fourth-order valence-electron chi connectivity index (χ4n) is 3.34. The summed E-state index contributed by atoms with van der Waals surface area (Å²) in [6.45, 7) is 3.87. The van der Waals surface area contributed by atoms with Gasteiger partial charge in [-0.2, -0.15) is 0 Å². The summed E-state index contributed by atoms with van der Waals surface area (Å²) in [6.07, 6.45) is 0. The largest absolute Gasteiger partial charge is 0.480 e. The number of para-hydroxylation sites is 2. The first-order valence-electron chi connectivity index (χ1n) is 8.88. The lowest BCUT2D eigenvalue weighted by Crippen LogP contribution is -2.40. The summed E-state index contributed by atoms with van der Waals surface area (Å²) in [4.78, 5) is 38.2. The van der Waals surface area contributed by atoms with E-state index in [0.29, 0.717) is 28.4 Å². The van der Waals surface area contributed by atoms with E-state index in [2.05, 4.69) is 0 Å². The Morgan fingerprint density at radius 1 is 1.00 bits per heavy atom. The van der Waals surface area contributed by atoms with E-state index in [0.717, 1.165) is 0 Å². The number of pyridine rings is 1. The van der Waals surface area contributed by atoms with Crippen molar-refractivity contribution in [1.29, 1.82) is 0 Å². The minimum absolute atomic E-state index is 0.0265. The van der Waals surface area contributed by atoms with Crippen molar-refractivity contribution in [3.8, 4) is 0 Å². The van der Waals surface area contributed by atoms with Crippen molar-refractivity contribution < 1.29 is 14.7 Å². The molecule has 0 aliphatic rings. The second kappa shape index (κ2) is 7.61. The topological polar surface area (TPSA) is 79.6 Å². The second-order valence-electron chi connectivity index (χ2n) is 7.01. The summed E-state index contributed by atoms with van der Waals surface area (Å²) in [5.74, 6) is -1.18. The molecule has 1 aromatic heterocycles. The van der Waals surface area contributed by atoms with E-state index in [1.54, 1.807) is 41.0 Å². The number of carboxylic acids is 1. The zero-order chi connectivity index (χ0) is 19.6. The van der Waals surface area contributed by atoms with Gasteiger partial charge >= 0.3 is 5.97 Å². The monoisotopic (exact) mass is 366 g/mol. The van der Waals surface area contributed by atoms with Gasteiger partial charge in [0.1, 0.15) is 13.1 Å². The minimum atomic E-state index is -1.04. The molecule has 2 aromatic carbocycles. The van der Waals surface area contributed by atoms with Crippen LogP contribution < -0.4 is 5.43 Å². The molecular formula is C21H22N2O4. The molecule has 0 atom stereocenters. The number of hydrogen-bond acceptors (Lipinski definition) is 3. The molecule has 27 heavy (non-hydrogen) atoms. The zero-order valence-electron chi connectivity index (χ0n) is 15.4. The van der Waals surface area contributed by atoms with E-state index in [9.17, 15) is 14.4 Å². The first-order chi connectivity index (χ1) is 12.9. The number of aromatic nitrogens is 1. The van der Waals surface area contributed by atoms with Gasteiger partial charge in [-0.25, -0.2) is 0 Å². The van der Waals surface area contributed by atoms with Crippen LogP contribution in [0.15, 0.2) is 53.3 Å². The SMILES string of the molecule is CC(C)CN(CC(=O)O)C(=O)Cn1c2ccccc2c(=O)c2ccccc21. The van der Waals surface area contributed by atoms with E-state index in [4.69, 9.17) is 5.11 Å². The molecule has 0 radical (unpaired) electrons. The standard InChI is InChI=1S/C21H22N2O4/c1-14(2)11-22(13-20(25)26)19(24)12-23-17-9-5-3-7-15(17)21(27)16-8-4-6-10-18(16)23/h3-10,14H,11-13H2,1-2H3,(H,25,26). The number of rotatable bonds is 6. The molecule has 3 rings (SSSR count). The van der Waals surface area contributed by atoms with Crippen LogP contribution in [0.2, 0.25) is 0 Å². The number of carbonyl (C=O) groups is 2. The van der Waals surface area contributed by atoms with Crippen LogP contribution in [0.3, 0.4) is 0 Å². The van der Waals surface area contributed by atoms with Crippen LogP contribution in [0.5, 0.6) is 0 Å². The molecule has 1 heterocycles. The van der Waals surface area contributed by atoms with E-state index in [1.165, 1.54) is 4.90 Å². The van der Waals surface area contributed by atoms with Crippen LogP contribution >= 0.6 is 0 Å². The molecule has 140 valence electrons. The van der Waals surface area contributed by atoms with Crippen molar-refractivity contribution in [1.82, 2.24) is 9.47 Å². The minimum Gasteiger partial charge on any atom is -0.480 e. The van der Waals surface area contributed by atoms with Crippen LogP contribution in [-0.2, 0) is 16.1 Å². The van der Waals surface area contributed by atoms with E-state index >= 15 is 0 Å². The molecule has 6 heteroatoms. The average molecular weight is 366 g/mol. The van der Waals surface area contributed by atoms with Gasteiger partial charge in [0.15, 0.2) is 5.43 Å². The first-order valence-corrected chi connectivity index (χ1v) is 8.88. The van der Waals surface area contributed by atoms with Crippen molar-refractivity contribution in [2.24, 2.45) is 5.92 Å². The quantitative estimate of drug-likeness (QED) is 0.680. The van der Waals surface area contributed by atoms with E-state index in [-0.39, 0.29) is 30.3 Å². The molecule has 3 aromatic rings. The lowest BCUT2D eigenvalue weighted by Gasteiger charge is -2.24. The molecule has 0 fully saturated rings. The van der Waals surface area contributed by atoms with Crippen LogP contribution in [-0.4, -0.2) is 39.5 Å². The smallest absolute Gasteiger partial charge is 0.323 e. The number of hydrogen-bond donors (Lipinski definition) is 1. The molecule has 0 aliphatic carbocycles. The maximum atomic E-state index is 12.9. The van der Waals surface area contributed by atoms with Crippen molar-refractivity contribution in [2.75, 3.05) is 13.1 Å². The number of carboxylic acid groups (broad SMARTS) is 1. The van der Waals surface area contributed by atoms with Crippen molar-refractivity contribution >= 4 is 33.7 Å². The Kier molecular flexibility index (Phi) is 5.26. The molecule has 1 amide bonds. The molecular weight excluding hydrogens is 344 g/mol. The van der Waals surface area contributed by atoms with Gasteiger partial charge in [0.2, 0.25) is 5.91 Å². The first kappa shape index (κ1) is 18.6. The van der Waals surface area contributed by atoms with Gasteiger partial charge in [0, 0.05) is 17.3 Å². The Bertz CT molecular complexity index is 1010. The zero-order valence-corrected chi connectivity index (χ0v) is 15.4. The molecule has 0 spiro atoms. The number of amides is 1. The van der Waals surface area contributed by atoms with E-state index < -0.39 is 5.97 Å². The number of aliphatic carboxylic acids is 1. The predicted octanol–water partition coefficient (Wildman–Crippen LogP) is 2.72. The number of fused-ring (bicyclic) bond motifs is 2. The lowest BCUT2D eigenvalue weighted by atomic mass is 10.1. The van der Waals surface area contributed by atoms with Crippen LogP contribution in [0.25, 0.3) is 21.8 Å². The highest BCUT2D eigenvalue weighted by Gasteiger charge is 2.20. The molecule has 6 nitrogen and oxygen atoms in total. The molecule has 0 saturated carbocycles. The van der Waals surface area contributed by atoms with Gasteiger partial charge < -0.3 is 14.6 Å². The summed E-state index contributed by atoms with van der Waals surface area (Å²) in [5, 5.41) is 10.2. The van der Waals surface area contributed by atoms with Gasteiger partial charge in [-0.15, -0.1) is 0 Å².